The van der Waals surface area contributed by atoms with Gasteiger partial charge in [-0.2, -0.15) is 0 Å². The van der Waals surface area contributed by atoms with Crippen molar-refractivity contribution in [2.75, 3.05) is 0 Å². The molecule has 8 heteroatoms. The molecule has 0 amide bonds. The quantitative estimate of drug-likeness (QED) is 0.100. The Balaban J connectivity index is 0.00000408. The number of para-hydroxylation sites is 4. The molecule has 12 aromatic rings. The first-order valence-electron chi connectivity index (χ1n) is 19.8. The summed E-state index contributed by atoms with van der Waals surface area (Å²) in [6, 6.07) is 49.7. The van der Waals surface area contributed by atoms with E-state index in [4.69, 9.17) is 24.7 Å². The Bertz CT molecular complexity index is 3730. The maximum Gasteiger partial charge on any atom is 2.00 e. The van der Waals surface area contributed by atoms with E-state index in [1.54, 1.807) is 12.4 Å². The van der Waals surface area contributed by atoms with Crippen LogP contribution < -0.4 is 4.74 Å². The van der Waals surface area contributed by atoms with E-state index in [1.165, 1.54) is 44.5 Å². The van der Waals surface area contributed by atoms with Crippen LogP contribution in [0.1, 0.15) is 22.3 Å². The van der Waals surface area contributed by atoms with Gasteiger partial charge in [0.2, 0.25) is 0 Å². The Morgan fingerprint density at radius 2 is 0.983 bits per heavy atom. The minimum absolute atomic E-state index is 0. The van der Waals surface area contributed by atoms with E-state index in [0.29, 0.717) is 11.5 Å². The molecule has 0 saturated heterocycles. The molecule has 0 fully saturated rings. The molecule has 0 unspecified atom stereocenters. The monoisotopic (exact) mass is 864 g/mol. The minimum Gasteiger partial charge on any atom is -0.497 e. The van der Waals surface area contributed by atoms with Crippen LogP contribution in [0.4, 0.5) is 0 Å². The number of imidazole rings is 2. The van der Waals surface area contributed by atoms with Crippen LogP contribution in [0.5, 0.6) is 11.5 Å². The van der Waals surface area contributed by atoms with Gasteiger partial charge in [0.05, 0.1) is 38.9 Å². The first-order valence-corrected chi connectivity index (χ1v) is 19.8. The van der Waals surface area contributed by atoms with Gasteiger partial charge in [-0.3, -0.25) is 15.0 Å². The fourth-order valence-electron chi connectivity index (χ4n) is 9.37. The van der Waals surface area contributed by atoms with Crippen LogP contribution in [0.3, 0.4) is 0 Å². The molecular formula is C52H34N6OPd. The second-order valence-corrected chi connectivity index (χ2v) is 15.5. The average Bonchev–Trinajstić information content (AvgIpc) is 3.84. The summed E-state index contributed by atoms with van der Waals surface area (Å²) in [5.74, 6) is 1.11. The number of rotatable bonds is 4. The van der Waals surface area contributed by atoms with Gasteiger partial charge >= 0.3 is 20.4 Å². The molecule has 5 aromatic heterocycles. The van der Waals surface area contributed by atoms with Crippen molar-refractivity contribution in [1.82, 2.24) is 28.7 Å². The van der Waals surface area contributed by atoms with E-state index in [0.717, 1.165) is 77.0 Å². The number of ether oxygens (including phenoxy) is 1. The van der Waals surface area contributed by atoms with Gasteiger partial charge in [-0.25, -0.2) is 4.98 Å². The summed E-state index contributed by atoms with van der Waals surface area (Å²) in [5, 5.41) is 4.75. The van der Waals surface area contributed by atoms with Gasteiger partial charge in [-0.1, -0.05) is 113 Å². The third-order valence-corrected chi connectivity index (χ3v) is 11.9. The fraction of sp³-hybridized carbons (Fsp3) is 0.0769. The van der Waals surface area contributed by atoms with Crippen LogP contribution in [0.15, 0.2) is 134 Å². The molecule has 7 nitrogen and oxygen atoms in total. The maximum absolute atomic E-state index is 6.67. The first-order chi connectivity index (χ1) is 28.9. The number of aryl methyl sites for hydroxylation is 4. The number of aromatic nitrogens is 6. The minimum atomic E-state index is 0. The van der Waals surface area contributed by atoms with Gasteiger partial charge in [-0.15, -0.1) is 12.1 Å². The molecule has 0 aliphatic rings. The van der Waals surface area contributed by atoms with E-state index in [1.807, 2.05) is 42.5 Å². The number of hydrogen-bond donors (Lipinski definition) is 0. The maximum atomic E-state index is 6.67. The van der Waals surface area contributed by atoms with Crippen LogP contribution in [-0.2, 0) is 20.4 Å². The molecular weight excluding hydrogens is 831 g/mol. The topological polar surface area (TPSA) is 69.6 Å². The summed E-state index contributed by atoms with van der Waals surface area (Å²) >= 11 is 0. The Kier molecular flexibility index (Phi) is 8.15. The molecule has 288 valence electrons. The normalized spacial score (nSPS) is 11.9. The molecule has 5 heterocycles. The number of fused-ring (bicyclic) bond motifs is 16. The largest absolute Gasteiger partial charge is 2.00 e. The average molecular weight is 865 g/mol. The molecule has 60 heavy (non-hydrogen) atoms. The summed E-state index contributed by atoms with van der Waals surface area (Å²) in [6.07, 6.45) is 3.44. The van der Waals surface area contributed by atoms with Gasteiger partial charge in [0.1, 0.15) is 5.65 Å². The van der Waals surface area contributed by atoms with Crippen LogP contribution in [0, 0.1) is 39.8 Å². The molecule has 7 aromatic carbocycles. The third kappa shape index (κ3) is 5.24. The number of nitrogens with zero attached hydrogens (tertiary/aromatic N) is 6. The van der Waals surface area contributed by atoms with E-state index in [2.05, 4.69) is 127 Å². The van der Waals surface area contributed by atoms with Gasteiger partial charge in [0.25, 0.3) is 0 Å². The van der Waals surface area contributed by atoms with Gasteiger partial charge in [0.15, 0.2) is 0 Å². The Hall–Kier alpha value is -6.98. The van der Waals surface area contributed by atoms with Gasteiger partial charge in [0, 0.05) is 29.4 Å². The summed E-state index contributed by atoms with van der Waals surface area (Å²) in [6.45, 7) is 8.85. The Labute approximate surface area is 358 Å². The fourth-order valence-corrected chi connectivity index (χ4v) is 9.37. The van der Waals surface area contributed by atoms with Crippen LogP contribution in [-0.4, -0.2) is 28.7 Å². The zero-order valence-corrected chi connectivity index (χ0v) is 34.7. The molecule has 0 atom stereocenters. The first kappa shape index (κ1) is 36.1. The van der Waals surface area contributed by atoms with Crippen molar-refractivity contribution in [3.8, 4) is 33.8 Å². The summed E-state index contributed by atoms with van der Waals surface area (Å²) < 4.78 is 11.0. The van der Waals surface area contributed by atoms with Crippen molar-refractivity contribution in [2.45, 2.75) is 27.7 Å². The van der Waals surface area contributed by atoms with Crippen molar-refractivity contribution < 1.29 is 25.2 Å². The van der Waals surface area contributed by atoms with Crippen molar-refractivity contribution in [1.29, 1.82) is 0 Å². The molecule has 0 N–H and O–H groups in total. The zero-order chi connectivity index (χ0) is 39.5. The molecule has 12 rings (SSSR count). The Morgan fingerprint density at radius 1 is 0.467 bits per heavy atom. The standard InChI is InChI=1S/C52H34N6O.Pd/c1-29-11-9-12-30(2)47(29)38-27-37-35-21-19-33(59-34-20-22-36-41(26-34)51-56-43-16-6-8-18-45(43)58(51)52-49(36)53-23-24-54-52)25-40(35)50-55-42-15-5-7-17-44(42)57(50)46(37)28-39(38)48-31(3)13-10-14-32(48)4;/h5-24,27-28H,1-4H3;/q-2;+2. The predicted octanol–water partition coefficient (Wildman–Crippen LogP) is 12.6. The summed E-state index contributed by atoms with van der Waals surface area (Å²) in [5.41, 5.74) is 17.9. The van der Waals surface area contributed by atoms with Crippen molar-refractivity contribution in [2.24, 2.45) is 0 Å². The zero-order valence-electron chi connectivity index (χ0n) is 33.1. The summed E-state index contributed by atoms with van der Waals surface area (Å²) in [4.78, 5) is 19.8. The molecule has 0 aliphatic heterocycles. The second-order valence-electron chi connectivity index (χ2n) is 15.5. The smallest absolute Gasteiger partial charge is 0.497 e. The van der Waals surface area contributed by atoms with Crippen LogP contribution >= 0.6 is 0 Å². The van der Waals surface area contributed by atoms with E-state index in [-0.39, 0.29) is 20.4 Å². The van der Waals surface area contributed by atoms with Crippen molar-refractivity contribution in [3.63, 3.8) is 0 Å². The van der Waals surface area contributed by atoms with E-state index in [9.17, 15) is 0 Å². The Morgan fingerprint density at radius 3 is 1.62 bits per heavy atom. The van der Waals surface area contributed by atoms with Gasteiger partial charge in [-0.05, 0) is 108 Å². The van der Waals surface area contributed by atoms with Crippen molar-refractivity contribution in [3.05, 3.63) is 168 Å². The van der Waals surface area contributed by atoms with E-state index < -0.39 is 0 Å². The van der Waals surface area contributed by atoms with Crippen molar-refractivity contribution >= 4 is 77.0 Å². The van der Waals surface area contributed by atoms with Gasteiger partial charge < -0.3 is 13.5 Å². The molecule has 0 radical (unpaired) electrons. The molecule has 0 bridgehead atoms. The SMILES string of the molecule is Cc1cccc(C)c1-c1cc2c3ccc(Oc4[c-]c5c(cc4)c4nccnc4n4c6ccccc6nc54)[c-]c3c3nc4ccccc4n3c2cc1-c1c(C)cccc1C.[Pd+2]. The van der Waals surface area contributed by atoms with E-state index >= 15 is 0 Å². The second kappa shape index (κ2) is 13.5. The van der Waals surface area contributed by atoms with Crippen LogP contribution in [0.25, 0.3) is 99.2 Å². The number of hydrogen-bond acceptors (Lipinski definition) is 5. The number of pyridine rings is 2. The molecule has 0 saturated carbocycles. The summed E-state index contributed by atoms with van der Waals surface area (Å²) in [7, 11) is 0. The van der Waals surface area contributed by atoms with Crippen LogP contribution in [0.2, 0.25) is 0 Å². The third-order valence-electron chi connectivity index (χ3n) is 11.9. The number of benzene rings is 7. The molecule has 0 aliphatic carbocycles. The molecule has 0 spiro atoms. The predicted molar refractivity (Wildman–Crippen MR) is 239 cm³/mol.